The van der Waals surface area contributed by atoms with Crippen LogP contribution in [0.15, 0.2) is 48.6 Å². The van der Waals surface area contributed by atoms with Gasteiger partial charge in [0.1, 0.15) is 0 Å². The van der Waals surface area contributed by atoms with E-state index in [2.05, 4.69) is 55.6 Å². The molecule has 0 saturated carbocycles. The van der Waals surface area contributed by atoms with Crippen LogP contribution in [0.3, 0.4) is 0 Å². The highest BCUT2D eigenvalue weighted by molar-refractivity contribution is 5.76. The molecule has 0 aromatic carbocycles. The van der Waals surface area contributed by atoms with Gasteiger partial charge in [-0.05, 0) is 89.9 Å². The van der Waals surface area contributed by atoms with Gasteiger partial charge in [0.05, 0.1) is 25.4 Å². The summed E-state index contributed by atoms with van der Waals surface area (Å²) in [5.41, 5.74) is 0. The van der Waals surface area contributed by atoms with E-state index in [4.69, 9.17) is 4.74 Å². The second kappa shape index (κ2) is 73.3. The van der Waals surface area contributed by atoms with Crippen molar-refractivity contribution in [2.75, 3.05) is 13.2 Å². The summed E-state index contributed by atoms with van der Waals surface area (Å²) < 4.78 is 5.51. The van der Waals surface area contributed by atoms with E-state index in [1.54, 1.807) is 6.08 Å². The molecule has 6 nitrogen and oxygen atoms in total. The summed E-state index contributed by atoms with van der Waals surface area (Å²) in [6.45, 7) is 4.91. The molecular weight excluding hydrogens is 1030 g/mol. The predicted octanol–water partition coefficient (Wildman–Crippen LogP) is 24.8. The van der Waals surface area contributed by atoms with Crippen LogP contribution in [0.5, 0.6) is 0 Å². The molecule has 0 fully saturated rings. The Hall–Kier alpha value is -2.18. The van der Waals surface area contributed by atoms with Crippen molar-refractivity contribution in [2.45, 2.75) is 424 Å². The number of carbonyl (C=O) groups is 2. The molecule has 6 heteroatoms. The van der Waals surface area contributed by atoms with Gasteiger partial charge in [0.25, 0.3) is 0 Å². The molecule has 0 aliphatic heterocycles. The van der Waals surface area contributed by atoms with Gasteiger partial charge in [0, 0.05) is 12.8 Å². The van der Waals surface area contributed by atoms with Gasteiger partial charge in [0.2, 0.25) is 5.91 Å². The van der Waals surface area contributed by atoms with E-state index >= 15 is 0 Å². The number of hydrogen-bond acceptors (Lipinski definition) is 5. The zero-order valence-corrected chi connectivity index (χ0v) is 56.6. The van der Waals surface area contributed by atoms with E-state index in [9.17, 15) is 19.8 Å². The largest absolute Gasteiger partial charge is 0.466 e. The van der Waals surface area contributed by atoms with Crippen molar-refractivity contribution >= 4 is 11.9 Å². The van der Waals surface area contributed by atoms with E-state index in [-0.39, 0.29) is 18.5 Å². The van der Waals surface area contributed by atoms with Crippen LogP contribution in [0.4, 0.5) is 0 Å². The fourth-order valence-electron chi connectivity index (χ4n) is 11.8. The van der Waals surface area contributed by atoms with E-state index < -0.39 is 12.1 Å². The van der Waals surface area contributed by atoms with Crippen molar-refractivity contribution in [1.29, 1.82) is 0 Å². The average molecular weight is 1180 g/mol. The minimum Gasteiger partial charge on any atom is -0.466 e. The number of aliphatic hydroxyl groups is 2. The summed E-state index contributed by atoms with van der Waals surface area (Å²) in [6.07, 6.45) is 96.4. The van der Waals surface area contributed by atoms with Crippen LogP contribution in [0.1, 0.15) is 412 Å². The van der Waals surface area contributed by atoms with Crippen LogP contribution >= 0.6 is 0 Å². The third-order valence-electron chi connectivity index (χ3n) is 17.6. The van der Waals surface area contributed by atoms with E-state index in [0.29, 0.717) is 19.4 Å². The molecule has 0 radical (unpaired) electrons. The Balaban J connectivity index is 3.37. The van der Waals surface area contributed by atoms with Gasteiger partial charge in [-0.3, -0.25) is 9.59 Å². The maximum absolute atomic E-state index is 12.5. The third kappa shape index (κ3) is 68.9. The molecular formula is C78H147NO5. The number of allylic oxidation sites excluding steroid dienone is 7. The molecule has 0 bridgehead atoms. The van der Waals surface area contributed by atoms with Crippen LogP contribution in [-0.4, -0.2) is 47.4 Å². The van der Waals surface area contributed by atoms with Gasteiger partial charge in [-0.2, -0.15) is 0 Å². The summed E-state index contributed by atoms with van der Waals surface area (Å²) in [5.74, 6) is -0.0491. The standard InChI is InChI=1S/C78H147NO5/c1-3-5-7-9-11-13-15-17-19-21-35-40-44-48-52-56-60-64-68-72-78(83)84-73-69-65-61-57-53-49-45-41-37-34-32-30-28-26-24-22-23-25-27-29-31-33-36-39-43-47-51-55-59-63-67-71-77(82)79-75(74-80)76(81)70-66-62-58-54-50-46-42-38-20-18-16-14-12-10-8-6-4-2/h11,13,17,19,24,26,66,70,75-76,80-81H,3-10,12,14-16,18,20-23,25,27-65,67-69,71-74H2,1-2H3,(H,79,82)/b13-11-,19-17-,26-24-,70-66+. The van der Waals surface area contributed by atoms with Crippen LogP contribution in [0.2, 0.25) is 0 Å². The highest BCUT2D eigenvalue weighted by Crippen LogP contribution is 2.19. The maximum Gasteiger partial charge on any atom is 0.305 e. The van der Waals surface area contributed by atoms with Gasteiger partial charge >= 0.3 is 5.97 Å². The number of esters is 1. The van der Waals surface area contributed by atoms with Crippen molar-refractivity contribution in [1.82, 2.24) is 5.32 Å². The summed E-state index contributed by atoms with van der Waals surface area (Å²) in [5, 5.41) is 23.2. The second-order valence-electron chi connectivity index (χ2n) is 26.0. The Morgan fingerprint density at radius 2 is 0.595 bits per heavy atom. The molecule has 0 saturated heterocycles. The fraction of sp³-hybridized carbons (Fsp3) is 0.872. The van der Waals surface area contributed by atoms with Crippen LogP contribution in [0, 0.1) is 0 Å². The van der Waals surface area contributed by atoms with Crippen molar-refractivity contribution in [3.05, 3.63) is 48.6 Å². The van der Waals surface area contributed by atoms with Crippen LogP contribution < -0.4 is 5.32 Å². The highest BCUT2D eigenvalue weighted by Gasteiger charge is 2.18. The molecule has 2 unspecified atom stereocenters. The van der Waals surface area contributed by atoms with Crippen molar-refractivity contribution in [3.63, 3.8) is 0 Å². The Kier molecular flexibility index (Phi) is 71.4. The molecule has 0 rings (SSSR count). The molecule has 0 aliphatic rings. The van der Waals surface area contributed by atoms with Crippen molar-refractivity contribution in [2.24, 2.45) is 0 Å². The molecule has 1 amide bonds. The number of ether oxygens (including phenoxy) is 1. The smallest absolute Gasteiger partial charge is 0.305 e. The number of unbranched alkanes of at least 4 members (excludes halogenated alkanes) is 54. The first-order chi connectivity index (χ1) is 41.5. The lowest BCUT2D eigenvalue weighted by Gasteiger charge is -2.20. The summed E-state index contributed by atoms with van der Waals surface area (Å²) in [6, 6.07) is -0.627. The second-order valence-corrected chi connectivity index (χ2v) is 26.0. The summed E-state index contributed by atoms with van der Waals surface area (Å²) in [7, 11) is 0. The predicted molar refractivity (Wildman–Crippen MR) is 370 cm³/mol. The number of aliphatic hydroxyl groups excluding tert-OH is 2. The summed E-state index contributed by atoms with van der Waals surface area (Å²) in [4.78, 5) is 24.6. The molecule has 2 atom stereocenters. The molecule has 494 valence electrons. The first-order valence-corrected chi connectivity index (χ1v) is 37.9. The van der Waals surface area contributed by atoms with Gasteiger partial charge in [-0.1, -0.05) is 358 Å². The fourth-order valence-corrected chi connectivity index (χ4v) is 11.8. The molecule has 84 heavy (non-hydrogen) atoms. The molecule has 0 aromatic rings. The third-order valence-corrected chi connectivity index (χ3v) is 17.6. The molecule has 0 spiro atoms. The lowest BCUT2D eigenvalue weighted by molar-refractivity contribution is -0.143. The minimum absolute atomic E-state index is 0.0140. The molecule has 0 aliphatic carbocycles. The first-order valence-electron chi connectivity index (χ1n) is 37.9. The lowest BCUT2D eigenvalue weighted by Crippen LogP contribution is -2.45. The average Bonchev–Trinajstić information content (AvgIpc) is 3.51. The molecule has 3 N–H and O–H groups in total. The molecule has 0 aromatic heterocycles. The van der Waals surface area contributed by atoms with E-state index in [0.717, 1.165) is 51.4 Å². The Bertz CT molecular complexity index is 1400. The normalized spacial score (nSPS) is 12.8. The number of nitrogens with one attached hydrogen (secondary N) is 1. The molecule has 0 heterocycles. The van der Waals surface area contributed by atoms with Crippen LogP contribution in [0.25, 0.3) is 0 Å². The van der Waals surface area contributed by atoms with E-state index in [1.807, 2.05) is 6.08 Å². The monoisotopic (exact) mass is 1180 g/mol. The zero-order chi connectivity index (χ0) is 60.6. The van der Waals surface area contributed by atoms with E-state index in [1.165, 1.54) is 334 Å². The number of amides is 1. The highest BCUT2D eigenvalue weighted by atomic mass is 16.5. The Labute approximate surface area is 525 Å². The van der Waals surface area contributed by atoms with Gasteiger partial charge in [0.15, 0.2) is 0 Å². The van der Waals surface area contributed by atoms with Crippen molar-refractivity contribution < 1.29 is 24.5 Å². The van der Waals surface area contributed by atoms with Crippen molar-refractivity contribution in [3.8, 4) is 0 Å². The van der Waals surface area contributed by atoms with Gasteiger partial charge < -0.3 is 20.3 Å². The van der Waals surface area contributed by atoms with Gasteiger partial charge in [-0.25, -0.2) is 0 Å². The van der Waals surface area contributed by atoms with Crippen LogP contribution in [-0.2, 0) is 14.3 Å². The lowest BCUT2D eigenvalue weighted by atomic mass is 10.0. The topological polar surface area (TPSA) is 95.9 Å². The Morgan fingerprint density at radius 1 is 0.333 bits per heavy atom. The maximum atomic E-state index is 12.5. The first kappa shape index (κ1) is 81.8. The number of hydrogen-bond donors (Lipinski definition) is 3. The number of rotatable bonds is 71. The zero-order valence-electron chi connectivity index (χ0n) is 56.6. The Morgan fingerprint density at radius 3 is 0.940 bits per heavy atom. The number of carbonyl (C=O) groups excluding carboxylic acids is 2. The quantitative estimate of drug-likeness (QED) is 0.0320. The summed E-state index contributed by atoms with van der Waals surface area (Å²) >= 11 is 0. The SMILES string of the molecule is CCCCC/C=C\C/C=C\CCCCCCCCCCCC(=O)OCCCCCCCCCCCCCC/C=C\CCCCCCCCCCCCCCCCCC(=O)NC(CO)C(O)/C=C/CCCCCCCCCCCCCCCCC. The van der Waals surface area contributed by atoms with Gasteiger partial charge in [-0.15, -0.1) is 0 Å². The minimum atomic E-state index is -0.844.